The molecule has 1 aliphatic heterocycles. The number of rotatable bonds is 4. The van der Waals surface area contributed by atoms with E-state index in [2.05, 4.69) is 0 Å². The lowest BCUT2D eigenvalue weighted by Crippen LogP contribution is -2.16. The van der Waals surface area contributed by atoms with Crippen LogP contribution in [0.1, 0.15) is 30.9 Å². The SMILES string of the molecule is OC(CCCC(F)(F)F)c1cc(Cl)c2c(c1)OCCO2. The highest BCUT2D eigenvalue weighted by atomic mass is 35.5. The topological polar surface area (TPSA) is 38.7 Å². The Kier molecular flexibility index (Phi) is 4.65. The molecule has 2 rings (SSSR count). The molecule has 112 valence electrons. The lowest BCUT2D eigenvalue weighted by atomic mass is 10.0. The van der Waals surface area contributed by atoms with Gasteiger partial charge in [-0.25, -0.2) is 0 Å². The number of aliphatic hydroxyl groups excluding tert-OH is 1. The van der Waals surface area contributed by atoms with Gasteiger partial charge in [-0.3, -0.25) is 0 Å². The van der Waals surface area contributed by atoms with Crippen molar-refractivity contribution in [2.45, 2.75) is 31.5 Å². The van der Waals surface area contributed by atoms with Gasteiger partial charge in [0.05, 0.1) is 11.1 Å². The van der Waals surface area contributed by atoms with E-state index in [4.69, 9.17) is 21.1 Å². The molecule has 1 unspecified atom stereocenters. The van der Waals surface area contributed by atoms with Crippen molar-refractivity contribution in [3.05, 3.63) is 22.7 Å². The van der Waals surface area contributed by atoms with Gasteiger partial charge < -0.3 is 14.6 Å². The first kappa shape index (κ1) is 15.3. The maximum Gasteiger partial charge on any atom is 0.389 e. The molecule has 0 bridgehead atoms. The van der Waals surface area contributed by atoms with Gasteiger partial charge in [-0.2, -0.15) is 13.2 Å². The summed E-state index contributed by atoms with van der Waals surface area (Å²) in [5.41, 5.74) is 0.432. The van der Waals surface area contributed by atoms with Crippen LogP contribution in [-0.2, 0) is 0 Å². The van der Waals surface area contributed by atoms with Crippen LogP contribution in [0.5, 0.6) is 11.5 Å². The summed E-state index contributed by atoms with van der Waals surface area (Å²) in [6, 6.07) is 3.05. The van der Waals surface area contributed by atoms with Crippen LogP contribution < -0.4 is 9.47 Å². The van der Waals surface area contributed by atoms with Gasteiger partial charge in [0.15, 0.2) is 11.5 Å². The average molecular weight is 311 g/mol. The normalized spacial score (nSPS) is 16.1. The summed E-state index contributed by atoms with van der Waals surface area (Å²) in [4.78, 5) is 0. The summed E-state index contributed by atoms with van der Waals surface area (Å²) in [7, 11) is 0. The second kappa shape index (κ2) is 6.10. The summed E-state index contributed by atoms with van der Waals surface area (Å²) < 4.78 is 46.9. The molecule has 1 heterocycles. The Morgan fingerprint density at radius 2 is 1.95 bits per heavy atom. The fourth-order valence-electron chi connectivity index (χ4n) is 1.99. The van der Waals surface area contributed by atoms with Gasteiger partial charge in [0.25, 0.3) is 0 Å². The van der Waals surface area contributed by atoms with Crippen LogP contribution in [0.4, 0.5) is 13.2 Å². The predicted octanol–water partition coefficient (Wildman–Crippen LogP) is 3.88. The summed E-state index contributed by atoms with van der Waals surface area (Å²) in [6.45, 7) is 0.761. The zero-order valence-electron chi connectivity index (χ0n) is 10.5. The average Bonchev–Trinajstić information content (AvgIpc) is 2.37. The van der Waals surface area contributed by atoms with Crippen molar-refractivity contribution in [3.8, 4) is 11.5 Å². The van der Waals surface area contributed by atoms with E-state index in [1.807, 2.05) is 0 Å². The summed E-state index contributed by atoms with van der Waals surface area (Å²) >= 11 is 6.00. The lowest BCUT2D eigenvalue weighted by molar-refractivity contribution is -0.136. The third kappa shape index (κ3) is 3.93. The molecule has 20 heavy (non-hydrogen) atoms. The van der Waals surface area contributed by atoms with E-state index in [9.17, 15) is 18.3 Å². The first-order valence-corrected chi connectivity index (χ1v) is 6.58. The fourth-order valence-corrected chi connectivity index (χ4v) is 2.26. The maximum atomic E-state index is 12.1. The highest BCUT2D eigenvalue weighted by molar-refractivity contribution is 6.32. The number of halogens is 4. The number of ether oxygens (including phenoxy) is 2. The van der Waals surface area contributed by atoms with Gasteiger partial charge in [0.1, 0.15) is 13.2 Å². The van der Waals surface area contributed by atoms with E-state index in [1.165, 1.54) is 6.07 Å². The first-order valence-electron chi connectivity index (χ1n) is 6.20. The Morgan fingerprint density at radius 1 is 1.25 bits per heavy atom. The van der Waals surface area contributed by atoms with E-state index in [0.29, 0.717) is 30.3 Å². The molecular weight excluding hydrogens is 297 g/mol. The molecule has 1 N–H and O–H groups in total. The smallest absolute Gasteiger partial charge is 0.389 e. The number of hydrogen-bond donors (Lipinski definition) is 1. The van der Waals surface area contributed by atoms with Crippen LogP contribution in [-0.4, -0.2) is 24.5 Å². The van der Waals surface area contributed by atoms with E-state index in [-0.39, 0.29) is 17.9 Å². The van der Waals surface area contributed by atoms with Crippen molar-refractivity contribution >= 4 is 11.6 Å². The predicted molar refractivity (Wildman–Crippen MR) is 67.3 cm³/mol. The monoisotopic (exact) mass is 310 g/mol. The second-order valence-electron chi connectivity index (χ2n) is 4.55. The highest BCUT2D eigenvalue weighted by Crippen LogP contribution is 2.40. The standard InChI is InChI=1S/C13H14ClF3O3/c14-9-6-8(7-11-12(9)20-5-4-19-11)10(18)2-1-3-13(15,16)17/h6-7,10,18H,1-5H2. The number of fused-ring (bicyclic) bond motifs is 1. The molecule has 0 aromatic heterocycles. The van der Waals surface area contributed by atoms with E-state index in [1.54, 1.807) is 6.07 Å². The van der Waals surface area contributed by atoms with Crippen LogP contribution in [0.25, 0.3) is 0 Å². The first-order chi connectivity index (χ1) is 9.37. The number of alkyl halides is 3. The Bertz CT molecular complexity index is 477. The quantitative estimate of drug-likeness (QED) is 0.917. The largest absolute Gasteiger partial charge is 0.486 e. The Morgan fingerprint density at radius 3 is 2.65 bits per heavy atom. The van der Waals surface area contributed by atoms with E-state index >= 15 is 0 Å². The molecule has 3 nitrogen and oxygen atoms in total. The van der Waals surface area contributed by atoms with Crippen LogP contribution in [0.3, 0.4) is 0 Å². The van der Waals surface area contributed by atoms with Gasteiger partial charge in [-0.15, -0.1) is 0 Å². The molecule has 0 fully saturated rings. The van der Waals surface area contributed by atoms with Crippen LogP contribution in [0, 0.1) is 0 Å². The van der Waals surface area contributed by atoms with Crippen LogP contribution in [0.15, 0.2) is 12.1 Å². The minimum absolute atomic E-state index is 0.00941. The molecule has 1 aromatic carbocycles. The molecule has 0 radical (unpaired) electrons. The van der Waals surface area contributed by atoms with Gasteiger partial charge in [0.2, 0.25) is 0 Å². The molecule has 0 saturated carbocycles. The van der Waals surface area contributed by atoms with Crippen molar-refractivity contribution in [2.24, 2.45) is 0 Å². The number of aliphatic hydroxyl groups is 1. The number of hydrogen-bond acceptors (Lipinski definition) is 3. The molecule has 0 aliphatic carbocycles. The summed E-state index contributed by atoms with van der Waals surface area (Å²) in [6.07, 6.45) is -6.26. The lowest BCUT2D eigenvalue weighted by Gasteiger charge is -2.21. The molecule has 1 aromatic rings. The minimum atomic E-state index is -4.20. The minimum Gasteiger partial charge on any atom is -0.486 e. The van der Waals surface area contributed by atoms with Crippen LogP contribution in [0.2, 0.25) is 5.02 Å². The summed E-state index contributed by atoms with van der Waals surface area (Å²) in [5.74, 6) is 0.817. The molecule has 7 heteroatoms. The fraction of sp³-hybridized carbons (Fsp3) is 0.538. The molecule has 0 saturated heterocycles. The molecular formula is C13H14ClF3O3. The highest BCUT2D eigenvalue weighted by Gasteiger charge is 2.27. The molecule has 0 spiro atoms. The van der Waals surface area contributed by atoms with Crippen LogP contribution >= 0.6 is 11.6 Å². The van der Waals surface area contributed by atoms with E-state index in [0.717, 1.165) is 0 Å². The maximum absolute atomic E-state index is 12.1. The molecule has 0 amide bonds. The van der Waals surface area contributed by atoms with Gasteiger partial charge in [0, 0.05) is 6.42 Å². The summed E-state index contributed by atoms with van der Waals surface area (Å²) in [5, 5.41) is 10.2. The molecule has 1 atom stereocenters. The van der Waals surface area contributed by atoms with Crippen molar-refractivity contribution in [3.63, 3.8) is 0 Å². The Balaban J connectivity index is 2.03. The Hall–Kier alpha value is -1.14. The van der Waals surface area contributed by atoms with Crippen molar-refractivity contribution < 1.29 is 27.8 Å². The van der Waals surface area contributed by atoms with Gasteiger partial charge in [-0.05, 0) is 30.5 Å². The zero-order chi connectivity index (χ0) is 14.8. The van der Waals surface area contributed by atoms with Gasteiger partial charge >= 0.3 is 6.18 Å². The van der Waals surface area contributed by atoms with E-state index < -0.39 is 18.7 Å². The molecule has 1 aliphatic rings. The Labute approximate surface area is 119 Å². The number of benzene rings is 1. The van der Waals surface area contributed by atoms with Crippen molar-refractivity contribution in [1.82, 2.24) is 0 Å². The zero-order valence-corrected chi connectivity index (χ0v) is 11.3. The second-order valence-corrected chi connectivity index (χ2v) is 4.96. The van der Waals surface area contributed by atoms with Gasteiger partial charge in [-0.1, -0.05) is 11.6 Å². The third-order valence-electron chi connectivity index (χ3n) is 2.94. The third-order valence-corrected chi connectivity index (χ3v) is 3.22. The van der Waals surface area contributed by atoms with Crippen molar-refractivity contribution in [2.75, 3.05) is 13.2 Å². The van der Waals surface area contributed by atoms with Crippen molar-refractivity contribution in [1.29, 1.82) is 0 Å².